The molecule has 1 aromatic carbocycles. The summed E-state index contributed by atoms with van der Waals surface area (Å²) in [6, 6.07) is 7.80. The Morgan fingerprint density at radius 2 is 1.85 bits per heavy atom. The lowest BCUT2D eigenvalue weighted by Crippen LogP contribution is -2.53. The van der Waals surface area contributed by atoms with Gasteiger partial charge in [-0.15, -0.1) is 0 Å². The van der Waals surface area contributed by atoms with Crippen molar-refractivity contribution in [3.8, 4) is 0 Å². The SMILES string of the molecule is CCC(=O)[C@H](C[C@@H]1CCCC1=O)NC(=O)[C@@H]1[C@H]2CCC[C@H]2CN1C(=O)c1cc(S(=O)(=O)c2ccccc2)c[nH]1. The average molecular weight is 554 g/mol. The lowest BCUT2D eigenvalue weighted by atomic mass is 9.91. The standard InChI is InChI=1S/C29H35N3O6S/c1-2-25(33)23(14-18-8-7-13-26(18)34)31-28(35)27-22-12-6-9-19(22)17-32(27)29(36)24-15-21(16-30-24)39(37,38)20-10-4-3-5-11-20/h3-5,10-11,15-16,18-19,22-23,27,30H,2,6-9,12-14,17H2,1H3,(H,31,35)/t18-,19-,22-,23-,27-/m0/s1. The van der Waals surface area contributed by atoms with Crippen LogP contribution in [-0.2, 0) is 24.2 Å². The lowest BCUT2D eigenvalue weighted by Gasteiger charge is -2.29. The van der Waals surface area contributed by atoms with Crippen molar-refractivity contribution in [2.24, 2.45) is 17.8 Å². The van der Waals surface area contributed by atoms with Gasteiger partial charge in [-0.1, -0.05) is 31.5 Å². The predicted molar refractivity (Wildman–Crippen MR) is 143 cm³/mol. The third-order valence-corrected chi connectivity index (χ3v) is 10.4. The molecular formula is C29H35N3O6S. The monoisotopic (exact) mass is 553 g/mol. The summed E-state index contributed by atoms with van der Waals surface area (Å²) in [5, 5.41) is 2.92. The number of hydrogen-bond acceptors (Lipinski definition) is 6. The van der Waals surface area contributed by atoms with Crippen LogP contribution in [0.3, 0.4) is 0 Å². The van der Waals surface area contributed by atoms with Crippen molar-refractivity contribution in [2.75, 3.05) is 6.54 Å². The van der Waals surface area contributed by atoms with Crippen LogP contribution in [0.2, 0.25) is 0 Å². The van der Waals surface area contributed by atoms with E-state index in [1.807, 2.05) is 0 Å². The Bertz CT molecular complexity index is 1370. The number of amides is 2. The van der Waals surface area contributed by atoms with Crippen molar-refractivity contribution in [2.45, 2.75) is 80.2 Å². The van der Waals surface area contributed by atoms with Gasteiger partial charge in [-0.25, -0.2) is 8.42 Å². The van der Waals surface area contributed by atoms with E-state index in [2.05, 4.69) is 10.3 Å². The summed E-state index contributed by atoms with van der Waals surface area (Å²) < 4.78 is 26.1. The number of carbonyl (C=O) groups excluding carboxylic acids is 4. The number of nitrogens with one attached hydrogen (secondary N) is 2. The van der Waals surface area contributed by atoms with Gasteiger partial charge >= 0.3 is 0 Å². The van der Waals surface area contributed by atoms with Crippen molar-refractivity contribution in [1.82, 2.24) is 15.2 Å². The Kier molecular flexibility index (Phi) is 7.75. The van der Waals surface area contributed by atoms with E-state index in [4.69, 9.17) is 0 Å². The highest BCUT2D eigenvalue weighted by molar-refractivity contribution is 7.91. The zero-order valence-corrected chi connectivity index (χ0v) is 22.9. The normalized spacial score (nSPS) is 25.5. The van der Waals surface area contributed by atoms with Gasteiger partial charge in [-0.2, -0.15) is 0 Å². The van der Waals surface area contributed by atoms with E-state index in [0.29, 0.717) is 19.4 Å². The lowest BCUT2D eigenvalue weighted by molar-refractivity contribution is -0.131. The van der Waals surface area contributed by atoms with Gasteiger partial charge in [-0.3, -0.25) is 19.2 Å². The van der Waals surface area contributed by atoms with Gasteiger partial charge in [0, 0.05) is 31.5 Å². The van der Waals surface area contributed by atoms with Crippen LogP contribution in [0.1, 0.15) is 68.8 Å². The van der Waals surface area contributed by atoms with Crippen LogP contribution in [0.4, 0.5) is 0 Å². The molecule has 1 aliphatic heterocycles. The minimum absolute atomic E-state index is 0.0210. The van der Waals surface area contributed by atoms with Gasteiger partial charge in [0.25, 0.3) is 5.91 Å². The molecular weight excluding hydrogens is 518 g/mol. The molecule has 9 nitrogen and oxygen atoms in total. The van der Waals surface area contributed by atoms with Crippen LogP contribution in [0.25, 0.3) is 0 Å². The highest BCUT2D eigenvalue weighted by Gasteiger charge is 2.50. The van der Waals surface area contributed by atoms with Gasteiger partial charge in [0.05, 0.1) is 15.8 Å². The summed E-state index contributed by atoms with van der Waals surface area (Å²) in [5.74, 6) is -0.884. The molecule has 0 spiro atoms. The molecule has 2 aromatic rings. The molecule has 0 bridgehead atoms. The maximum atomic E-state index is 13.7. The van der Waals surface area contributed by atoms with Crippen LogP contribution in [0.15, 0.2) is 52.4 Å². The molecule has 39 heavy (non-hydrogen) atoms. The first-order valence-corrected chi connectivity index (χ1v) is 15.3. The number of aromatic nitrogens is 1. The molecule has 1 saturated heterocycles. The van der Waals surface area contributed by atoms with Crippen molar-refractivity contribution in [3.63, 3.8) is 0 Å². The molecule has 2 amide bonds. The second kappa shape index (κ2) is 11.1. The predicted octanol–water partition coefficient (Wildman–Crippen LogP) is 3.31. The second-order valence-electron chi connectivity index (χ2n) is 11.0. The van der Waals surface area contributed by atoms with Crippen molar-refractivity contribution >= 4 is 33.2 Å². The van der Waals surface area contributed by atoms with Gasteiger partial charge in [0.2, 0.25) is 15.7 Å². The molecule has 10 heteroatoms. The average Bonchev–Trinajstić information content (AvgIpc) is 3.73. The summed E-state index contributed by atoms with van der Waals surface area (Å²) in [7, 11) is -3.81. The first-order valence-electron chi connectivity index (χ1n) is 13.9. The number of H-pyrrole nitrogens is 1. The molecule has 1 aromatic heterocycles. The third-order valence-electron chi connectivity index (χ3n) is 8.68. The topological polar surface area (TPSA) is 133 Å². The number of aromatic amines is 1. The molecule has 0 radical (unpaired) electrons. The summed E-state index contributed by atoms with van der Waals surface area (Å²) in [6.45, 7) is 2.14. The number of carbonyl (C=O) groups is 4. The summed E-state index contributed by atoms with van der Waals surface area (Å²) in [5.41, 5.74) is 0.0972. The van der Waals surface area contributed by atoms with Crippen LogP contribution in [0.5, 0.6) is 0 Å². The number of ketones is 2. The van der Waals surface area contributed by atoms with E-state index in [-0.39, 0.29) is 57.1 Å². The van der Waals surface area contributed by atoms with Crippen LogP contribution < -0.4 is 5.32 Å². The minimum Gasteiger partial charge on any atom is -0.356 e. The van der Waals surface area contributed by atoms with Crippen LogP contribution >= 0.6 is 0 Å². The van der Waals surface area contributed by atoms with E-state index in [9.17, 15) is 27.6 Å². The molecule has 2 N–H and O–H groups in total. The number of Topliss-reactive ketones (excluding diaryl/α,β-unsaturated/α-hetero) is 2. The summed E-state index contributed by atoms with van der Waals surface area (Å²) in [6.07, 6.45) is 6.56. The Balaban J connectivity index is 1.37. The highest BCUT2D eigenvalue weighted by Crippen LogP contribution is 2.43. The number of benzene rings is 1. The Hall–Kier alpha value is -3.27. The zero-order chi connectivity index (χ0) is 27.7. The Morgan fingerprint density at radius 3 is 2.54 bits per heavy atom. The van der Waals surface area contributed by atoms with E-state index in [1.54, 1.807) is 25.1 Å². The number of sulfone groups is 1. The van der Waals surface area contributed by atoms with E-state index in [1.165, 1.54) is 29.3 Å². The first-order chi connectivity index (χ1) is 18.7. The third kappa shape index (κ3) is 5.31. The molecule has 3 aliphatic rings. The maximum Gasteiger partial charge on any atom is 0.271 e. The molecule has 2 saturated carbocycles. The second-order valence-corrected chi connectivity index (χ2v) is 12.9. The molecule has 0 unspecified atom stereocenters. The van der Waals surface area contributed by atoms with Gasteiger partial charge in [-0.05, 0) is 62.1 Å². The summed E-state index contributed by atoms with van der Waals surface area (Å²) >= 11 is 0. The molecule has 3 fully saturated rings. The van der Waals surface area contributed by atoms with Crippen molar-refractivity contribution in [3.05, 3.63) is 48.3 Å². The number of rotatable bonds is 9. The smallest absolute Gasteiger partial charge is 0.271 e. The molecule has 208 valence electrons. The molecule has 2 heterocycles. The number of nitrogens with zero attached hydrogens (tertiary/aromatic N) is 1. The van der Waals surface area contributed by atoms with Gasteiger partial charge in [0.15, 0.2) is 5.78 Å². The zero-order valence-electron chi connectivity index (χ0n) is 22.1. The maximum absolute atomic E-state index is 13.7. The number of fused-ring (bicyclic) bond motifs is 1. The molecule has 2 aliphatic carbocycles. The largest absolute Gasteiger partial charge is 0.356 e. The fourth-order valence-electron chi connectivity index (χ4n) is 6.59. The van der Waals surface area contributed by atoms with E-state index < -0.39 is 27.8 Å². The number of likely N-dealkylation sites (tertiary alicyclic amines) is 1. The van der Waals surface area contributed by atoms with Crippen molar-refractivity contribution < 1.29 is 27.6 Å². The molecule has 5 atom stereocenters. The minimum atomic E-state index is -3.81. The number of hydrogen-bond donors (Lipinski definition) is 2. The fourth-order valence-corrected chi connectivity index (χ4v) is 7.86. The fraction of sp³-hybridized carbons (Fsp3) is 0.517. The van der Waals surface area contributed by atoms with Crippen molar-refractivity contribution in [1.29, 1.82) is 0 Å². The van der Waals surface area contributed by atoms with Gasteiger partial charge < -0.3 is 15.2 Å². The van der Waals surface area contributed by atoms with Crippen LogP contribution in [0, 0.1) is 17.8 Å². The summed E-state index contributed by atoms with van der Waals surface area (Å²) in [4.78, 5) is 56.9. The highest BCUT2D eigenvalue weighted by atomic mass is 32.2. The first kappa shape index (κ1) is 27.3. The molecule has 5 rings (SSSR count). The van der Waals surface area contributed by atoms with E-state index >= 15 is 0 Å². The Labute approximate surface area is 228 Å². The van der Waals surface area contributed by atoms with E-state index in [0.717, 1.165) is 32.1 Å². The van der Waals surface area contributed by atoms with Crippen LogP contribution in [-0.4, -0.2) is 60.3 Å². The van der Waals surface area contributed by atoms with Gasteiger partial charge in [0.1, 0.15) is 17.5 Å². The quantitative estimate of drug-likeness (QED) is 0.490. The Morgan fingerprint density at radius 1 is 1.08 bits per heavy atom.